The van der Waals surface area contributed by atoms with E-state index in [1.807, 2.05) is 12.1 Å². The average Bonchev–Trinajstić information content (AvgIpc) is 2.60. The number of phenols is 1. The molecule has 1 heterocycles. The van der Waals surface area contributed by atoms with Crippen molar-refractivity contribution >= 4 is 0 Å². The summed E-state index contributed by atoms with van der Waals surface area (Å²) >= 11 is 0. The Morgan fingerprint density at radius 1 is 0.958 bits per heavy atom. The predicted molar refractivity (Wildman–Crippen MR) is 100 cm³/mol. The number of hydrogen-bond acceptors (Lipinski definition) is 2. The van der Waals surface area contributed by atoms with Gasteiger partial charge < -0.3 is 10.0 Å². The van der Waals surface area contributed by atoms with Gasteiger partial charge in [-0.3, -0.25) is 0 Å². The maximum atomic E-state index is 9.37. The fraction of sp³-hybridized carbons (Fsp3) is 0.455. The molecular formula is C22H29NO. The predicted octanol–water partition coefficient (Wildman–Crippen LogP) is 4.53. The molecule has 2 aromatic rings. The second-order valence-corrected chi connectivity index (χ2v) is 7.41. The molecule has 0 spiro atoms. The van der Waals surface area contributed by atoms with Crippen molar-refractivity contribution in [3.8, 4) is 5.75 Å². The molecule has 0 unspecified atom stereocenters. The lowest BCUT2D eigenvalue weighted by molar-refractivity contribution is 0.163. The molecule has 1 N–H and O–H groups in total. The number of hydrogen-bond donors (Lipinski definition) is 1. The van der Waals surface area contributed by atoms with Crippen LogP contribution in [0.15, 0.2) is 54.6 Å². The van der Waals surface area contributed by atoms with E-state index < -0.39 is 0 Å². The third-order valence-corrected chi connectivity index (χ3v) is 5.16. The third-order valence-electron chi connectivity index (χ3n) is 5.16. The molecule has 2 aromatic carbocycles. The van der Waals surface area contributed by atoms with Gasteiger partial charge in [-0.1, -0.05) is 49.4 Å². The van der Waals surface area contributed by atoms with E-state index in [4.69, 9.17) is 0 Å². The van der Waals surface area contributed by atoms with Gasteiger partial charge in [0.25, 0.3) is 0 Å². The number of nitrogens with zero attached hydrogens (tertiary/aromatic N) is 1. The number of benzene rings is 2. The highest BCUT2D eigenvalue weighted by Crippen LogP contribution is 2.23. The van der Waals surface area contributed by atoms with Gasteiger partial charge in [-0.05, 0) is 73.9 Å². The molecule has 0 radical (unpaired) electrons. The molecule has 2 heteroatoms. The fourth-order valence-corrected chi connectivity index (χ4v) is 3.86. The van der Waals surface area contributed by atoms with Gasteiger partial charge in [0.1, 0.15) is 5.75 Å². The molecule has 128 valence electrons. The summed E-state index contributed by atoms with van der Waals surface area (Å²) in [5.74, 6) is 1.85. The number of phenolic OH excluding ortho intramolecular Hbond substituents is 1. The van der Waals surface area contributed by atoms with E-state index in [1.54, 1.807) is 12.1 Å². The van der Waals surface area contributed by atoms with Crippen molar-refractivity contribution in [3.63, 3.8) is 0 Å². The van der Waals surface area contributed by atoms with Gasteiger partial charge in [-0.25, -0.2) is 0 Å². The minimum atomic E-state index is 0.354. The number of piperidine rings is 1. The summed E-state index contributed by atoms with van der Waals surface area (Å²) in [6.07, 6.45) is 4.96. The van der Waals surface area contributed by atoms with Crippen LogP contribution in [0.2, 0.25) is 0 Å². The zero-order valence-electron chi connectivity index (χ0n) is 14.7. The Morgan fingerprint density at radius 3 is 2.29 bits per heavy atom. The summed E-state index contributed by atoms with van der Waals surface area (Å²) in [7, 11) is 0. The summed E-state index contributed by atoms with van der Waals surface area (Å²) in [5.41, 5.74) is 2.80. The molecule has 0 aromatic heterocycles. The Balaban J connectivity index is 1.41. The first-order chi connectivity index (χ1) is 11.7. The zero-order chi connectivity index (χ0) is 16.8. The fourth-order valence-electron chi connectivity index (χ4n) is 3.86. The Labute approximate surface area is 146 Å². The van der Waals surface area contributed by atoms with E-state index in [0.717, 1.165) is 12.3 Å². The van der Waals surface area contributed by atoms with Crippen molar-refractivity contribution in [3.05, 3.63) is 65.7 Å². The third kappa shape index (κ3) is 5.10. The van der Waals surface area contributed by atoms with E-state index in [0.29, 0.717) is 11.7 Å². The molecule has 0 bridgehead atoms. The molecule has 1 saturated heterocycles. The molecule has 1 aliphatic rings. The van der Waals surface area contributed by atoms with Crippen molar-refractivity contribution in [2.45, 2.75) is 32.6 Å². The molecule has 2 nitrogen and oxygen atoms in total. The quantitative estimate of drug-likeness (QED) is 0.844. The lowest BCUT2D eigenvalue weighted by Gasteiger charge is -2.33. The first-order valence-electron chi connectivity index (χ1n) is 9.23. The van der Waals surface area contributed by atoms with Crippen molar-refractivity contribution < 1.29 is 5.11 Å². The molecular weight excluding hydrogens is 294 g/mol. The van der Waals surface area contributed by atoms with Crippen LogP contribution in [0, 0.1) is 11.8 Å². The first-order valence-corrected chi connectivity index (χ1v) is 9.23. The second-order valence-electron chi connectivity index (χ2n) is 7.41. The molecule has 1 atom stereocenters. The van der Waals surface area contributed by atoms with Crippen molar-refractivity contribution in [2.24, 2.45) is 11.8 Å². The summed E-state index contributed by atoms with van der Waals surface area (Å²) < 4.78 is 0. The van der Waals surface area contributed by atoms with Gasteiger partial charge in [-0.2, -0.15) is 0 Å². The van der Waals surface area contributed by atoms with E-state index in [2.05, 4.69) is 42.2 Å². The summed E-state index contributed by atoms with van der Waals surface area (Å²) in [6, 6.07) is 18.6. The zero-order valence-corrected chi connectivity index (χ0v) is 14.7. The van der Waals surface area contributed by atoms with Crippen LogP contribution < -0.4 is 0 Å². The molecule has 0 amide bonds. The van der Waals surface area contributed by atoms with Crippen LogP contribution in [-0.2, 0) is 12.8 Å². The average molecular weight is 323 g/mol. The van der Waals surface area contributed by atoms with Crippen LogP contribution in [0.3, 0.4) is 0 Å². The maximum absolute atomic E-state index is 9.37. The highest BCUT2D eigenvalue weighted by Gasteiger charge is 2.20. The number of likely N-dealkylation sites (tertiary alicyclic amines) is 1. The van der Waals surface area contributed by atoms with E-state index in [-0.39, 0.29) is 0 Å². The van der Waals surface area contributed by atoms with Crippen LogP contribution in [0.1, 0.15) is 30.9 Å². The maximum Gasteiger partial charge on any atom is 0.115 e. The van der Waals surface area contributed by atoms with Gasteiger partial charge >= 0.3 is 0 Å². The SMILES string of the molecule is C[C@H](Cc1ccc(O)cc1)CN1CCC(Cc2ccccc2)CC1. The first kappa shape index (κ1) is 17.0. The Morgan fingerprint density at radius 2 is 1.62 bits per heavy atom. The second kappa shape index (κ2) is 8.34. The van der Waals surface area contributed by atoms with Crippen LogP contribution in [0.25, 0.3) is 0 Å². The largest absolute Gasteiger partial charge is 0.508 e. The van der Waals surface area contributed by atoms with Crippen LogP contribution in [-0.4, -0.2) is 29.6 Å². The normalized spacial score (nSPS) is 17.7. The highest BCUT2D eigenvalue weighted by molar-refractivity contribution is 5.26. The Bertz CT molecular complexity index is 600. The van der Waals surface area contributed by atoms with Crippen molar-refractivity contribution in [1.29, 1.82) is 0 Å². The van der Waals surface area contributed by atoms with E-state index >= 15 is 0 Å². The van der Waals surface area contributed by atoms with Crippen molar-refractivity contribution in [1.82, 2.24) is 4.90 Å². The molecule has 1 aliphatic heterocycles. The van der Waals surface area contributed by atoms with Crippen LogP contribution >= 0.6 is 0 Å². The van der Waals surface area contributed by atoms with Crippen molar-refractivity contribution in [2.75, 3.05) is 19.6 Å². The van der Waals surface area contributed by atoms with Gasteiger partial charge in [0.2, 0.25) is 0 Å². The number of aromatic hydroxyl groups is 1. The summed E-state index contributed by atoms with van der Waals surface area (Å²) in [5, 5.41) is 9.37. The molecule has 3 rings (SSSR count). The molecule has 1 fully saturated rings. The lowest BCUT2D eigenvalue weighted by atomic mass is 9.89. The minimum Gasteiger partial charge on any atom is -0.508 e. The van der Waals surface area contributed by atoms with Crippen LogP contribution in [0.4, 0.5) is 0 Å². The number of rotatable bonds is 6. The van der Waals surface area contributed by atoms with Gasteiger partial charge in [0, 0.05) is 6.54 Å². The Hall–Kier alpha value is -1.80. The summed E-state index contributed by atoms with van der Waals surface area (Å²) in [6.45, 7) is 5.98. The highest BCUT2D eigenvalue weighted by atomic mass is 16.3. The van der Waals surface area contributed by atoms with E-state index in [9.17, 15) is 5.11 Å². The standard InChI is InChI=1S/C22H29NO/c1-18(15-20-7-9-22(24)10-8-20)17-23-13-11-21(12-14-23)16-19-5-3-2-4-6-19/h2-10,18,21,24H,11-17H2,1H3/t18-/m1/s1. The minimum absolute atomic E-state index is 0.354. The van der Waals surface area contributed by atoms with Gasteiger partial charge in [0.05, 0.1) is 0 Å². The molecule has 0 aliphatic carbocycles. The molecule has 24 heavy (non-hydrogen) atoms. The lowest BCUT2D eigenvalue weighted by Crippen LogP contribution is -2.37. The van der Waals surface area contributed by atoms with E-state index in [1.165, 1.54) is 50.0 Å². The van der Waals surface area contributed by atoms with Gasteiger partial charge in [-0.15, -0.1) is 0 Å². The topological polar surface area (TPSA) is 23.5 Å². The molecule has 0 saturated carbocycles. The summed E-state index contributed by atoms with van der Waals surface area (Å²) in [4.78, 5) is 2.63. The smallest absolute Gasteiger partial charge is 0.115 e. The monoisotopic (exact) mass is 323 g/mol. The van der Waals surface area contributed by atoms with Gasteiger partial charge in [0.15, 0.2) is 0 Å². The van der Waals surface area contributed by atoms with Crippen LogP contribution in [0.5, 0.6) is 5.75 Å². The Kier molecular flexibility index (Phi) is 5.92.